The van der Waals surface area contributed by atoms with Crippen molar-refractivity contribution in [2.45, 2.75) is 386 Å². The molecule has 0 aliphatic carbocycles. The quantitative estimate of drug-likeness (QED) is 0.0320. The van der Waals surface area contributed by atoms with Gasteiger partial charge in [-0.25, -0.2) is 0 Å². The molecular weight excluding hydrogens is 887 g/mol. The van der Waals surface area contributed by atoms with E-state index in [1.807, 2.05) is 0 Å². The number of rotatable bonds is 62. The van der Waals surface area contributed by atoms with Crippen LogP contribution in [0.15, 0.2) is 12.2 Å². The van der Waals surface area contributed by atoms with E-state index in [1.54, 1.807) is 0 Å². The highest BCUT2D eigenvalue weighted by atomic mass is 16.5. The van der Waals surface area contributed by atoms with Gasteiger partial charge < -0.3 is 20.3 Å². The highest BCUT2D eigenvalue weighted by Gasteiger charge is 2.20. The molecule has 0 saturated heterocycles. The summed E-state index contributed by atoms with van der Waals surface area (Å²) >= 11 is 0. The number of unbranched alkanes of at least 4 members (excludes halogenated alkanes) is 49. The van der Waals surface area contributed by atoms with Crippen molar-refractivity contribution in [1.29, 1.82) is 0 Å². The van der Waals surface area contributed by atoms with Crippen LogP contribution >= 0.6 is 0 Å². The predicted octanol–water partition coefficient (Wildman–Crippen LogP) is 20.8. The summed E-state index contributed by atoms with van der Waals surface area (Å²) in [6.45, 7) is 4.96. The van der Waals surface area contributed by atoms with E-state index >= 15 is 0 Å². The molecule has 2 unspecified atom stereocenters. The highest BCUT2D eigenvalue weighted by Crippen LogP contribution is 2.19. The summed E-state index contributed by atoms with van der Waals surface area (Å²) in [5.74, 6) is -0.0448. The second-order valence-corrected chi connectivity index (χ2v) is 22.8. The van der Waals surface area contributed by atoms with Crippen molar-refractivity contribution in [2.24, 2.45) is 0 Å². The van der Waals surface area contributed by atoms with Crippen molar-refractivity contribution in [1.82, 2.24) is 5.32 Å². The maximum Gasteiger partial charge on any atom is 0.305 e. The number of carbonyl (C=O) groups excluding carboxylic acids is 2. The molecule has 0 rings (SSSR count). The monoisotopic (exact) mass is 1020 g/mol. The third-order valence-corrected chi connectivity index (χ3v) is 15.6. The Morgan fingerprint density at radius 1 is 0.375 bits per heavy atom. The van der Waals surface area contributed by atoms with Crippen LogP contribution in [0.3, 0.4) is 0 Å². The summed E-state index contributed by atoms with van der Waals surface area (Å²) in [5.41, 5.74) is 0. The molecule has 0 bridgehead atoms. The van der Waals surface area contributed by atoms with Gasteiger partial charge in [-0.05, 0) is 51.4 Å². The van der Waals surface area contributed by atoms with Crippen LogP contribution in [0.2, 0.25) is 0 Å². The van der Waals surface area contributed by atoms with E-state index in [0.29, 0.717) is 25.9 Å². The maximum absolute atomic E-state index is 12.5. The van der Waals surface area contributed by atoms with Crippen molar-refractivity contribution >= 4 is 11.9 Å². The van der Waals surface area contributed by atoms with E-state index in [9.17, 15) is 19.8 Å². The second-order valence-electron chi connectivity index (χ2n) is 22.8. The normalized spacial score (nSPS) is 12.6. The molecule has 0 fully saturated rings. The first-order valence-corrected chi connectivity index (χ1v) is 32.9. The third kappa shape index (κ3) is 57.9. The fraction of sp³-hybridized carbons (Fsp3) is 0.939. The number of hydrogen-bond donors (Lipinski definition) is 3. The van der Waals surface area contributed by atoms with Gasteiger partial charge in [-0.3, -0.25) is 9.59 Å². The minimum absolute atomic E-state index is 0.00394. The first-order chi connectivity index (χ1) is 35.5. The Labute approximate surface area is 450 Å². The van der Waals surface area contributed by atoms with E-state index in [4.69, 9.17) is 4.74 Å². The number of aliphatic hydroxyl groups excluding tert-OH is 2. The number of aliphatic hydroxyl groups is 2. The van der Waals surface area contributed by atoms with Crippen molar-refractivity contribution in [3.05, 3.63) is 12.2 Å². The zero-order valence-electron chi connectivity index (χ0n) is 48.9. The number of nitrogens with one attached hydrogen (secondary N) is 1. The molecule has 3 N–H and O–H groups in total. The van der Waals surface area contributed by atoms with Crippen LogP contribution in [-0.4, -0.2) is 47.4 Å². The standard InChI is InChI=1S/C66H129NO5/c1-3-5-7-9-11-13-15-17-19-21-22-23-24-25-26-27-29-30-34-38-42-46-50-54-58-64(69)63(62-68)67-65(70)59-55-51-47-43-39-35-32-33-37-41-45-49-53-57-61-72-66(71)60-56-52-48-44-40-36-31-28-20-18-16-14-12-10-8-6-4-2/h18,20,63-64,68-69H,3-17,19,21-62H2,1-2H3,(H,67,70)/b20-18-. The first-order valence-electron chi connectivity index (χ1n) is 32.9. The molecule has 1 amide bonds. The Kier molecular flexibility index (Phi) is 60.9. The maximum atomic E-state index is 12.5. The van der Waals surface area contributed by atoms with Gasteiger partial charge in [0, 0.05) is 12.8 Å². The van der Waals surface area contributed by atoms with Gasteiger partial charge in [-0.15, -0.1) is 0 Å². The molecule has 0 spiro atoms. The van der Waals surface area contributed by atoms with Crippen molar-refractivity contribution < 1.29 is 24.5 Å². The third-order valence-electron chi connectivity index (χ3n) is 15.6. The van der Waals surface area contributed by atoms with Crippen molar-refractivity contribution in [3.63, 3.8) is 0 Å². The van der Waals surface area contributed by atoms with Crippen LogP contribution in [0.5, 0.6) is 0 Å². The van der Waals surface area contributed by atoms with Crippen LogP contribution < -0.4 is 5.32 Å². The molecule has 0 saturated carbocycles. The summed E-state index contributed by atoms with van der Waals surface area (Å²) in [5, 5.41) is 23.4. The average molecular weight is 1020 g/mol. The van der Waals surface area contributed by atoms with E-state index < -0.39 is 12.1 Å². The average Bonchev–Trinajstić information content (AvgIpc) is 3.38. The van der Waals surface area contributed by atoms with Gasteiger partial charge in [0.25, 0.3) is 0 Å². The van der Waals surface area contributed by atoms with Gasteiger partial charge >= 0.3 is 5.97 Å². The van der Waals surface area contributed by atoms with E-state index in [2.05, 4.69) is 31.3 Å². The summed E-state index contributed by atoms with van der Waals surface area (Å²) in [6.07, 6.45) is 75.1. The summed E-state index contributed by atoms with van der Waals surface area (Å²) in [7, 11) is 0. The number of allylic oxidation sites excluding steroid dienone is 2. The molecule has 0 aromatic carbocycles. The van der Waals surface area contributed by atoms with Crippen molar-refractivity contribution in [3.8, 4) is 0 Å². The molecule has 0 aromatic rings. The molecule has 6 nitrogen and oxygen atoms in total. The molecular formula is C66H129NO5. The highest BCUT2D eigenvalue weighted by molar-refractivity contribution is 5.76. The number of ether oxygens (including phenoxy) is 1. The lowest BCUT2D eigenvalue weighted by molar-refractivity contribution is -0.143. The number of esters is 1. The minimum atomic E-state index is -0.672. The Morgan fingerprint density at radius 3 is 0.986 bits per heavy atom. The Balaban J connectivity index is 3.42. The summed E-state index contributed by atoms with van der Waals surface area (Å²) in [4.78, 5) is 24.6. The molecule has 0 aliphatic heterocycles. The Morgan fingerprint density at radius 2 is 0.653 bits per heavy atom. The topological polar surface area (TPSA) is 95.9 Å². The molecule has 0 heterocycles. The predicted molar refractivity (Wildman–Crippen MR) is 315 cm³/mol. The Hall–Kier alpha value is -1.40. The smallest absolute Gasteiger partial charge is 0.305 e. The fourth-order valence-electron chi connectivity index (χ4n) is 10.5. The zero-order valence-corrected chi connectivity index (χ0v) is 48.9. The van der Waals surface area contributed by atoms with Gasteiger partial charge in [0.15, 0.2) is 0 Å². The zero-order chi connectivity index (χ0) is 52.2. The molecule has 428 valence electrons. The first kappa shape index (κ1) is 70.6. The Bertz CT molecular complexity index is 1080. The lowest BCUT2D eigenvalue weighted by Crippen LogP contribution is -2.45. The lowest BCUT2D eigenvalue weighted by atomic mass is 10.0. The van der Waals surface area contributed by atoms with Crippen LogP contribution in [0, 0.1) is 0 Å². The van der Waals surface area contributed by atoms with Gasteiger partial charge in [0.1, 0.15) is 0 Å². The van der Waals surface area contributed by atoms with Crippen LogP contribution in [0.4, 0.5) is 0 Å². The SMILES string of the molecule is CCCCCCCC/C=C\CCCCCCCCCC(=O)OCCCCCCCCCCCCCCCCC(=O)NC(CO)C(O)CCCCCCCCCCCCCCCCCCCCCCCCCC. The molecule has 0 aromatic heterocycles. The molecule has 0 aliphatic rings. The van der Waals surface area contributed by atoms with Gasteiger partial charge in [0.2, 0.25) is 5.91 Å². The second kappa shape index (κ2) is 62.1. The number of hydrogen-bond acceptors (Lipinski definition) is 5. The minimum Gasteiger partial charge on any atom is -0.466 e. The van der Waals surface area contributed by atoms with E-state index in [1.165, 1.54) is 289 Å². The van der Waals surface area contributed by atoms with Crippen LogP contribution in [-0.2, 0) is 14.3 Å². The van der Waals surface area contributed by atoms with Crippen LogP contribution in [0.25, 0.3) is 0 Å². The molecule has 0 radical (unpaired) electrons. The lowest BCUT2D eigenvalue weighted by Gasteiger charge is -2.22. The fourth-order valence-corrected chi connectivity index (χ4v) is 10.5. The van der Waals surface area contributed by atoms with Crippen LogP contribution in [0.1, 0.15) is 373 Å². The van der Waals surface area contributed by atoms with Gasteiger partial charge in [-0.1, -0.05) is 321 Å². The number of carbonyl (C=O) groups is 2. The van der Waals surface area contributed by atoms with Gasteiger partial charge in [0.05, 0.1) is 25.4 Å². The molecule has 72 heavy (non-hydrogen) atoms. The summed E-state index contributed by atoms with van der Waals surface area (Å²) < 4.78 is 5.49. The van der Waals surface area contributed by atoms with E-state index in [-0.39, 0.29) is 18.5 Å². The van der Waals surface area contributed by atoms with E-state index in [0.717, 1.165) is 51.4 Å². The summed E-state index contributed by atoms with van der Waals surface area (Å²) in [6, 6.07) is -0.550. The van der Waals surface area contributed by atoms with Gasteiger partial charge in [-0.2, -0.15) is 0 Å². The number of amides is 1. The van der Waals surface area contributed by atoms with Crippen molar-refractivity contribution in [2.75, 3.05) is 13.2 Å². The molecule has 2 atom stereocenters. The largest absolute Gasteiger partial charge is 0.466 e. The molecule has 6 heteroatoms.